The topological polar surface area (TPSA) is 126 Å². The second-order valence-electron chi connectivity index (χ2n) is 11.1. The van der Waals surface area contributed by atoms with E-state index in [0.29, 0.717) is 22.6 Å². The minimum Gasteiger partial charge on any atom is -0.497 e. The molecular weight excluding hydrogens is 735 g/mol. The highest BCUT2D eigenvalue weighted by Gasteiger charge is 2.58. The Hall–Kier alpha value is -4.15. The summed E-state index contributed by atoms with van der Waals surface area (Å²) >= 11 is 2.15. The van der Waals surface area contributed by atoms with Gasteiger partial charge >= 0.3 is 0 Å². The standard InChI is InChI=1S/C33H35IN6O6S/c1-5-46-31-25(7-6-14-35-31)33(37-23-9-13-30(36-21-23)39-17-15-38(2)16-18-39)26-19-22(34)8-11-27(26)40(32(33)41)47(42,43)29-12-10-24(44-3)20-28(29)45-4/h6-14,19-21,37H,5,15-18H2,1-4H3. The van der Waals surface area contributed by atoms with Gasteiger partial charge in [-0.15, -0.1) is 0 Å². The number of halogens is 1. The van der Waals surface area contributed by atoms with E-state index < -0.39 is 21.5 Å². The third-order valence-corrected chi connectivity index (χ3v) is 10.7. The van der Waals surface area contributed by atoms with Crippen LogP contribution >= 0.6 is 22.6 Å². The van der Waals surface area contributed by atoms with E-state index in [1.807, 2.05) is 19.1 Å². The maximum absolute atomic E-state index is 15.1. The molecule has 4 heterocycles. The van der Waals surface area contributed by atoms with Gasteiger partial charge in [0.15, 0.2) is 5.54 Å². The second kappa shape index (κ2) is 13.2. The maximum Gasteiger partial charge on any atom is 0.276 e. The summed E-state index contributed by atoms with van der Waals surface area (Å²) in [7, 11) is 0.404. The number of likely N-dealkylation sites (N-methyl/N-ethyl adjacent to an activating group) is 1. The molecule has 0 saturated carbocycles. The molecule has 0 aliphatic carbocycles. The molecule has 1 amide bonds. The number of nitrogens with zero attached hydrogens (tertiary/aromatic N) is 5. The van der Waals surface area contributed by atoms with E-state index in [0.717, 1.165) is 39.9 Å². The van der Waals surface area contributed by atoms with E-state index in [9.17, 15) is 8.42 Å². The molecule has 2 aromatic heterocycles. The highest BCUT2D eigenvalue weighted by atomic mass is 127. The number of benzene rings is 2. The molecule has 4 aromatic rings. The van der Waals surface area contributed by atoms with Crippen molar-refractivity contribution in [1.29, 1.82) is 0 Å². The number of pyridine rings is 2. The number of aromatic nitrogens is 2. The van der Waals surface area contributed by atoms with Gasteiger partial charge in [0.2, 0.25) is 5.88 Å². The smallest absolute Gasteiger partial charge is 0.276 e. The number of rotatable bonds is 10. The van der Waals surface area contributed by atoms with Crippen LogP contribution in [0.3, 0.4) is 0 Å². The minimum absolute atomic E-state index is 0.0368. The molecule has 47 heavy (non-hydrogen) atoms. The number of carbonyl (C=O) groups is 1. The third-order valence-electron chi connectivity index (χ3n) is 8.34. The maximum atomic E-state index is 15.1. The Kier molecular flexibility index (Phi) is 9.18. The number of piperazine rings is 1. The molecular formula is C33H35IN6O6S. The molecule has 2 aliphatic rings. The van der Waals surface area contributed by atoms with Crippen LogP contribution in [0.5, 0.6) is 17.4 Å². The summed E-state index contributed by atoms with van der Waals surface area (Å²) in [6.45, 7) is 5.65. The number of ether oxygens (including phenoxy) is 3. The van der Waals surface area contributed by atoms with Gasteiger partial charge in [-0.25, -0.2) is 18.4 Å². The first-order valence-corrected chi connectivity index (χ1v) is 17.5. The predicted octanol–water partition coefficient (Wildman–Crippen LogP) is 4.34. The Morgan fingerprint density at radius 2 is 1.74 bits per heavy atom. The lowest BCUT2D eigenvalue weighted by Crippen LogP contribution is -2.49. The van der Waals surface area contributed by atoms with Gasteiger partial charge in [0, 0.05) is 47.6 Å². The number of fused-ring (bicyclic) bond motifs is 1. The van der Waals surface area contributed by atoms with Gasteiger partial charge in [-0.2, -0.15) is 4.31 Å². The minimum atomic E-state index is -4.53. The van der Waals surface area contributed by atoms with Gasteiger partial charge in [-0.1, -0.05) is 0 Å². The number of carbonyl (C=O) groups excluding carboxylic acids is 1. The largest absolute Gasteiger partial charge is 0.497 e. The van der Waals surface area contributed by atoms with Gasteiger partial charge in [0.25, 0.3) is 15.9 Å². The summed E-state index contributed by atoms with van der Waals surface area (Å²) in [6, 6.07) is 16.7. The van der Waals surface area contributed by atoms with Crippen LogP contribution < -0.4 is 28.7 Å². The molecule has 12 nitrogen and oxygen atoms in total. The average molecular weight is 771 g/mol. The van der Waals surface area contributed by atoms with E-state index in [-0.39, 0.29) is 28.8 Å². The average Bonchev–Trinajstić information content (AvgIpc) is 3.33. The van der Waals surface area contributed by atoms with Crippen LogP contribution in [0.25, 0.3) is 0 Å². The van der Waals surface area contributed by atoms with Crippen LogP contribution in [0.15, 0.2) is 78.0 Å². The molecule has 2 aliphatic heterocycles. The first-order valence-electron chi connectivity index (χ1n) is 15.0. The van der Waals surface area contributed by atoms with Crippen molar-refractivity contribution < 1.29 is 27.4 Å². The summed E-state index contributed by atoms with van der Waals surface area (Å²) < 4.78 is 47.5. The number of methoxy groups -OCH3 is 2. The fourth-order valence-corrected chi connectivity index (χ4v) is 8.06. The Morgan fingerprint density at radius 3 is 2.43 bits per heavy atom. The zero-order valence-corrected chi connectivity index (χ0v) is 29.4. The second-order valence-corrected chi connectivity index (χ2v) is 14.1. The van der Waals surface area contributed by atoms with E-state index in [4.69, 9.17) is 19.2 Å². The van der Waals surface area contributed by atoms with Crippen molar-refractivity contribution in [3.63, 3.8) is 0 Å². The zero-order chi connectivity index (χ0) is 33.3. The van der Waals surface area contributed by atoms with Gasteiger partial charge in [0.05, 0.1) is 44.0 Å². The van der Waals surface area contributed by atoms with E-state index in [2.05, 4.69) is 49.7 Å². The summed E-state index contributed by atoms with van der Waals surface area (Å²) in [5.74, 6) is 0.699. The molecule has 1 unspecified atom stereocenters. The Balaban J connectivity index is 1.53. The fourth-order valence-electron chi connectivity index (χ4n) is 5.96. The van der Waals surface area contributed by atoms with Crippen molar-refractivity contribution in [1.82, 2.24) is 14.9 Å². The Bertz CT molecular complexity index is 1900. The van der Waals surface area contributed by atoms with E-state index >= 15 is 4.79 Å². The molecule has 2 aromatic carbocycles. The van der Waals surface area contributed by atoms with Crippen LogP contribution in [-0.4, -0.2) is 83.2 Å². The number of nitrogens with one attached hydrogen (secondary N) is 1. The molecule has 0 radical (unpaired) electrons. The molecule has 0 bridgehead atoms. The molecule has 0 spiro atoms. The van der Waals surface area contributed by atoms with Crippen LogP contribution in [0.2, 0.25) is 0 Å². The molecule has 6 rings (SSSR count). The van der Waals surface area contributed by atoms with Gasteiger partial charge in [0.1, 0.15) is 22.2 Å². The lowest BCUT2D eigenvalue weighted by atomic mass is 9.84. The third kappa shape index (κ3) is 5.82. The van der Waals surface area contributed by atoms with Crippen molar-refractivity contribution >= 4 is 55.7 Å². The van der Waals surface area contributed by atoms with Gasteiger partial charge in [-0.05, 0) is 91.2 Å². The van der Waals surface area contributed by atoms with Crippen molar-refractivity contribution in [2.75, 3.05) is 68.6 Å². The molecule has 1 N–H and O–H groups in total. The first-order chi connectivity index (χ1) is 22.6. The van der Waals surface area contributed by atoms with Crippen LogP contribution in [0, 0.1) is 3.57 Å². The number of hydrogen-bond donors (Lipinski definition) is 1. The number of amides is 1. The lowest BCUT2D eigenvalue weighted by molar-refractivity contribution is -0.120. The van der Waals surface area contributed by atoms with Crippen LogP contribution in [-0.2, 0) is 20.4 Å². The summed E-state index contributed by atoms with van der Waals surface area (Å²) in [6.07, 6.45) is 3.23. The molecule has 14 heteroatoms. The number of sulfonamides is 1. The van der Waals surface area contributed by atoms with Crippen molar-refractivity contribution in [3.8, 4) is 17.4 Å². The normalized spacial score (nSPS) is 18.2. The van der Waals surface area contributed by atoms with Crippen molar-refractivity contribution in [3.05, 3.63) is 87.8 Å². The molecule has 1 saturated heterocycles. The highest BCUT2D eigenvalue weighted by Crippen LogP contribution is 2.51. The zero-order valence-electron chi connectivity index (χ0n) is 26.4. The van der Waals surface area contributed by atoms with Gasteiger partial charge < -0.3 is 29.3 Å². The van der Waals surface area contributed by atoms with Crippen molar-refractivity contribution in [2.45, 2.75) is 17.4 Å². The summed E-state index contributed by atoms with van der Waals surface area (Å²) in [5.41, 5.74) is -0.290. The quantitative estimate of drug-likeness (QED) is 0.232. The molecule has 246 valence electrons. The monoisotopic (exact) mass is 770 g/mol. The number of hydrogen-bond acceptors (Lipinski definition) is 11. The first kappa shape index (κ1) is 32.8. The SMILES string of the molecule is CCOc1ncccc1C1(Nc2ccc(N3CCN(C)CC3)nc2)C(=O)N(S(=O)(=O)c2ccc(OC)cc2OC)c2ccc(I)cc21. The lowest BCUT2D eigenvalue weighted by Gasteiger charge is -2.34. The number of anilines is 3. The van der Waals surface area contributed by atoms with Crippen LogP contribution in [0.4, 0.5) is 17.2 Å². The molecule has 1 fully saturated rings. The van der Waals surface area contributed by atoms with Crippen molar-refractivity contribution in [2.24, 2.45) is 0 Å². The van der Waals surface area contributed by atoms with E-state index in [1.54, 1.807) is 42.7 Å². The highest BCUT2D eigenvalue weighted by molar-refractivity contribution is 14.1. The molecule has 1 atom stereocenters. The fraction of sp³-hybridized carbons (Fsp3) is 0.303. The summed E-state index contributed by atoms with van der Waals surface area (Å²) in [4.78, 5) is 28.6. The van der Waals surface area contributed by atoms with Gasteiger partial charge in [-0.3, -0.25) is 4.79 Å². The Labute approximate surface area is 287 Å². The summed E-state index contributed by atoms with van der Waals surface area (Å²) in [5, 5.41) is 3.42. The van der Waals surface area contributed by atoms with Crippen LogP contribution in [0.1, 0.15) is 18.1 Å². The predicted molar refractivity (Wildman–Crippen MR) is 187 cm³/mol. The van der Waals surface area contributed by atoms with E-state index in [1.165, 1.54) is 32.4 Å². The Morgan fingerprint density at radius 1 is 0.957 bits per heavy atom.